The molecule has 18 heavy (non-hydrogen) atoms. The minimum Gasteiger partial charge on any atom is -0.338 e. The van der Waals surface area contributed by atoms with Crippen LogP contribution in [0.5, 0.6) is 0 Å². The van der Waals surface area contributed by atoms with E-state index in [4.69, 9.17) is 0 Å². The number of aryl methyl sites for hydroxylation is 2. The van der Waals surface area contributed by atoms with Crippen LogP contribution in [0.4, 0.5) is 0 Å². The smallest absolute Gasteiger partial charge is 0.228 e. The molecule has 1 N–H and O–H groups in total. The lowest BCUT2D eigenvalue weighted by molar-refractivity contribution is -0.140. The number of aromatic nitrogens is 2. The summed E-state index contributed by atoms with van der Waals surface area (Å²) < 4.78 is 0. The Morgan fingerprint density at radius 2 is 2.17 bits per heavy atom. The van der Waals surface area contributed by atoms with Gasteiger partial charge in [0.1, 0.15) is 0 Å². The minimum absolute atomic E-state index is 0.235. The highest BCUT2D eigenvalue weighted by Gasteiger charge is 2.29. The molecule has 1 aliphatic rings. The normalized spacial score (nSPS) is 16.3. The second kappa shape index (κ2) is 4.75. The van der Waals surface area contributed by atoms with Crippen LogP contribution >= 0.6 is 0 Å². The van der Waals surface area contributed by atoms with Crippen molar-refractivity contribution in [2.24, 2.45) is 5.41 Å². The SMILES string of the molecule is CCc1n[nH]c2c1CN(C(=O)C(C)(C)C)CCC2. The topological polar surface area (TPSA) is 49.0 Å². The fourth-order valence-corrected chi connectivity index (χ4v) is 2.49. The van der Waals surface area contributed by atoms with Gasteiger partial charge < -0.3 is 4.90 Å². The number of nitrogens with one attached hydrogen (secondary N) is 1. The molecule has 0 atom stereocenters. The maximum absolute atomic E-state index is 12.4. The Balaban J connectivity index is 2.25. The van der Waals surface area contributed by atoms with Gasteiger partial charge in [0, 0.05) is 29.8 Å². The van der Waals surface area contributed by atoms with Crippen LogP contribution in [0.3, 0.4) is 0 Å². The zero-order valence-electron chi connectivity index (χ0n) is 11.8. The molecule has 4 heteroatoms. The molecule has 100 valence electrons. The third-order valence-corrected chi connectivity index (χ3v) is 3.51. The molecule has 0 saturated carbocycles. The van der Waals surface area contributed by atoms with E-state index in [1.165, 1.54) is 11.3 Å². The fourth-order valence-electron chi connectivity index (χ4n) is 2.49. The molecule has 2 heterocycles. The molecule has 1 aliphatic heterocycles. The molecule has 0 saturated heterocycles. The molecule has 1 aromatic heterocycles. The third kappa shape index (κ3) is 2.42. The van der Waals surface area contributed by atoms with Crippen molar-refractivity contribution in [1.29, 1.82) is 0 Å². The standard InChI is InChI=1S/C14H23N3O/c1-5-11-10-9-17(13(18)14(2,3)4)8-6-7-12(10)16-15-11/h5-9H2,1-4H3,(H,15,16). The van der Waals surface area contributed by atoms with E-state index in [-0.39, 0.29) is 11.3 Å². The lowest BCUT2D eigenvalue weighted by Gasteiger charge is -2.28. The highest BCUT2D eigenvalue weighted by Crippen LogP contribution is 2.25. The van der Waals surface area contributed by atoms with Crippen molar-refractivity contribution in [2.45, 2.75) is 53.5 Å². The Hall–Kier alpha value is -1.32. The van der Waals surface area contributed by atoms with Crippen LogP contribution in [0.1, 0.15) is 51.1 Å². The summed E-state index contributed by atoms with van der Waals surface area (Å²) in [5, 5.41) is 7.48. The second-order valence-corrected chi connectivity index (χ2v) is 6.06. The maximum Gasteiger partial charge on any atom is 0.228 e. The first-order valence-electron chi connectivity index (χ1n) is 6.78. The molecule has 0 aliphatic carbocycles. The van der Waals surface area contributed by atoms with Crippen LogP contribution in [0.15, 0.2) is 0 Å². The van der Waals surface area contributed by atoms with Crippen molar-refractivity contribution >= 4 is 5.91 Å². The van der Waals surface area contributed by atoms with Crippen LogP contribution in [0.2, 0.25) is 0 Å². The molecule has 0 aromatic carbocycles. The van der Waals surface area contributed by atoms with Gasteiger partial charge in [0.15, 0.2) is 0 Å². The molecular formula is C14H23N3O. The van der Waals surface area contributed by atoms with E-state index in [9.17, 15) is 4.79 Å². The Kier molecular flexibility index (Phi) is 3.46. The zero-order valence-corrected chi connectivity index (χ0v) is 11.8. The average Bonchev–Trinajstić information content (AvgIpc) is 2.56. The lowest BCUT2D eigenvalue weighted by atomic mass is 9.94. The van der Waals surface area contributed by atoms with Crippen molar-refractivity contribution in [1.82, 2.24) is 15.1 Å². The number of H-pyrrole nitrogens is 1. The molecule has 0 radical (unpaired) electrons. The van der Waals surface area contributed by atoms with Gasteiger partial charge in [-0.15, -0.1) is 0 Å². The molecule has 0 fully saturated rings. The quantitative estimate of drug-likeness (QED) is 0.830. The summed E-state index contributed by atoms with van der Waals surface area (Å²) in [6.07, 6.45) is 2.93. The number of aromatic amines is 1. The Bertz CT molecular complexity index is 442. The fraction of sp³-hybridized carbons (Fsp3) is 0.714. The number of fused-ring (bicyclic) bond motifs is 1. The molecular weight excluding hydrogens is 226 g/mol. The van der Waals surface area contributed by atoms with Crippen LogP contribution in [0, 0.1) is 5.41 Å². The van der Waals surface area contributed by atoms with E-state index >= 15 is 0 Å². The van der Waals surface area contributed by atoms with Gasteiger partial charge in [0.25, 0.3) is 0 Å². The molecule has 0 bridgehead atoms. The van der Waals surface area contributed by atoms with E-state index in [2.05, 4.69) is 17.1 Å². The number of carbonyl (C=O) groups excluding carboxylic acids is 1. The maximum atomic E-state index is 12.4. The van der Waals surface area contributed by atoms with E-state index in [1.54, 1.807) is 0 Å². The molecule has 2 rings (SSSR count). The summed E-state index contributed by atoms with van der Waals surface area (Å²) in [7, 11) is 0. The zero-order chi connectivity index (χ0) is 13.3. The molecule has 4 nitrogen and oxygen atoms in total. The van der Waals surface area contributed by atoms with Gasteiger partial charge in [-0.1, -0.05) is 27.7 Å². The van der Waals surface area contributed by atoms with Crippen LogP contribution in [0.25, 0.3) is 0 Å². The third-order valence-electron chi connectivity index (χ3n) is 3.51. The van der Waals surface area contributed by atoms with Crippen molar-refractivity contribution in [3.05, 3.63) is 17.0 Å². The summed E-state index contributed by atoms with van der Waals surface area (Å²) in [5.41, 5.74) is 3.27. The number of nitrogens with zero attached hydrogens (tertiary/aromatic N) is 2. The van der Waals surface area contributed by atoms with Gasteiger partial charge in [-0.05, 0) is 19.3 Å². The lowest BCUT2D eigenvalue weighted by Crippen LogP contribution is -2.39. The summed E-state index contributed by atoms with van der Waals surface area (Å²) in [4.78, 5) is 14.4. The first-order chi connectivity index (χ1) is 8.43. The largest absolute Gasteiger partial charge is 0.338 e. The van der Waals surface area contributed by atoms with Gasteiger partial charge in [-0.3, -0.25) is 9.89 Å². The van der Waals surface area contributed by atoms with Gasteiger partial charge in [-0.25, -0.2) is 0 Å². The summed E-state index contributed by atoms with van der Waals surface area (Å²) in [5.74, 6) is 0.235. The van der Waals surface area contributed by atoms with E-state index < -0.39 is 0 Å². The molecule has 0 spiro atoms. The monoisotopic (exact) mass is 249 g/mol. The van der Waals surface area contributed by atoms with Crippen LogP contribution in [-0.2, 0) is 24.2 Å². The number of rotatable bonds is 1. The predicted molar refractivity (Wildman–Crippen MR) is 71.2 cm³/mol. The van der Waals surface area contributed by atoms with Crippen molar-refractivity contribution in [2.75, 3.05) is 6.54 Å². The first kappa shape index (κ1) is 13.1. The first-order valence-corrected chi connectivity index (χ1v) is 6.78. The number of hydrogen-bond donors (Lipinski definition) is 1. The van der Waals surface area contributed by atoms with E-state index in [1.807, 2.05) is 25.7 Å². The second-order valence-electron chi connectivity index (χ2n) is 6.06. The van der Waals surface area contributed by atoms with Crippen molar-refractivity contribution < 1.29 is 4.79 Å². The number of carbonyl (C=O) groups is 1. The minimum atomic E-state index is -0.305. The Morgan fingerprint density at radius 3 is 2.78 bits per heavy atom. The highest BCUT2D eigenvalue weighted by molar-refractivity contribution is 5.81. The average molecular weight is 249 g/mol. The Morgan fingerprint density at radius 1 is 1.44 bits per heavy atom. The molecule has 1 amide bonds. The van der Waals surface area contributed by atoms with Crippen molar-refractivity contribution in [3.8, 4) is 0 Å². The van der Waals surface area contributed by atoms with Crippen LogP contribution < -0.4 is 0 Å². The van der Waals surface area contributed by atoms with Crippen LogP contribution in [-0.4, -0.2) is 27.5 Å². The van der Waals surface area contributed by atoms with Gasteiger partial charge in [0.05, 0.1) is 5.69 Å². The van der Waals surface area contributed by atoms with Gasteiger partial charge in [0.2, 0.25) is 5.91 Å². The highest BCUT2D eigenvalue weighted by atomic mass is 16.2. The van der Waals surface area contributed by atoms with Gasteiger partial charge in [-0.2, -0.15) is 5.10 Å². The summed E-state index contributed by atoms with van der Waals surface area (Å²) >= 11 is 0. The van der Waals surface area contributed by atoms with Gasteiger partial charge >= 0.3 is 0 Å². The number of amides is 1. The van der Waals surface area contributed by atoms with E-state index in [0.29, 0.717) is 6.54 Å². The molecule has 1 aromatic rings. The Labute approximate surface area is 109 Å². The summed E-state index contributed by atoms with van der Waals surface area (Å²) in [6.45, 7) is 9.62. The predicted octanol–water partition coefficient (Wildman–Crippen LogP) is 2.29. The molecule has 0 unspecified atom stereocenters. The summed E-state index contributed by atoms with van der Waals surface area (Å²) in [6, 6.07) is 0. The number of hydrogen-bond acceptors (Lipinski definition) is 2. The van der Waals surface area contributed by atoms with E-state index in [0.717, 1.165) is 31.5 Å². The van der Waals surface area contributed by atoms with Crippen molar-refractivity contribution in [3.63, 3.8) is 0 Å².